The molecule has 17 heavy (non-hydrogen) atoms. The molecule has 0 aromatic carbocycles. The van der Waals surface area contributed by atoms with Crippen molar-refractivity contribution in [3.63, 3.8) is 0 Å². The third-order valence-corrected chi connectivity index (χ3v) is 4.09. The maximum Gasteiger partial charge on any atom is 0.317 e. The van der Waals surface area contributed by atoms with Crippen LogP contribution in [0.1, 0.15) is 39.5 Å². The van der Waals surface area contributed by atoms with Crippen molar-refractivity contribution in [1.82, 2.24) is 15.5 Å². The van der Waals surface area contributed by atoms with Crippen molar-refractivity contribution in [3.8, 4) is 0 Å². The zero-order valence-electron chi connectivity index (χ0n) is 11.0. The number of carbonyl (C=O) groups excluding carboxylic acids is 1. The first-order chi connectivity index (χ1) is 8.20. The summed E-state index contributed by atoms with van der Waals surface area (Å²) in [5, 5.41) is 6.62. The van der Waals surface area contributed by atoms with E-state index >= 15 is 0 Å². The number of urea groups is 1. The minimum atomic E-state index is 0.150. The van der Waals surface area contributed by atoms with Gasteiger partial charge in [-0.15, -0.1) is 0 Å². The van der Waals surface area contributed by atoms with E-state index in [1.807, 2.05) is 4.90 Å². The van der Waals surface area contributed by atoms with Gasteiger partial charge in [0.2, 0.25) is 0 Å². The Morgan fingerprint density at radius 2 is 2.12 bits per heavy atom. The summed E-state index contributed by atoms with van der Waals surface area (Å²) in [6.45, 7) is 7.17. The third kappa shape index (κ3) is 3.12. The Bertz CT molecular complexity index is 265. The Labute approximate surface area is 104 Å². The largest absolute Gasteiger partial charge is 0.335 e. The molecule has 1 saturated heterocycles. The fraction of sp³-hybridized carbons (Fsp3) is 0.923. The molecule has 0 bridgehead atoms. The maximum atomic E-state index is 12.0. The number of hydrogen-bond acceptors (Lipinski definition) is 2. The van der Waals surface area contributed by atoms with Gasteiger partial charge in [0.1, 0.15) is 0 Å². The lowest BCUT2D eigenvalue weighted by molar-refractivity contribution is 0.144. The number of nitrogens with zero attached hydrogens (tertiary/aromatic N) is 1. The van der Waals surface area contributed by atoms with E-state index in [4.69, 9.17) is 0 Å². The van der Waals surface area contributed by atoms with Crippen LogP contribution in [0.5, 0.6) is 0 Å². The van der Waals surface area contributed by atoms with Gasteiger partial charge < -0.3 is 15.5 Å². The molecule has 2 rings (SSSR count). The first kappa shape index (κ1) is 12.7. The molecule has 2 fully saturated rings. The highest BCUT2D eigenvalue weighted by Gasteiger charge is 2.29. The van der Waals surface area contributed by atoms with Crippen LogP contribution in [-0.4, -0.2) is 42.6 Å². The van der Waals surface area contributed by atoms with Crippen molar-refractivity contribution >= 4 is 6.03 Å². The fourth-order valence-electron chi connectivity index (χ4n) is 2.71. The number of hydrogen-bond donors (Lipinski definition) is 2. The summed E-state index contributed by atoms with van der Waals surface area (Å²) in [6.07, 6.45) is 4.67. The monoisotopic (exact) mass is 239 g/mol. The molecule has 0 aromatic heterocycles. The Balaban J connectivity index is 1.77. The second-order valence-corrected chi connectivity index (χ2v) is 5.45. The molecule has 2 N–H and O–H groups in total. The van der Waals surface area contributed by atoms with Crippen LogP contribution in [0.4, 0.5) is 4.79 Å². The predicted molar refractivity (Wildman–Crippen MR) is 69.0 cm³/mol. The fourth-order valence-corrected chi connectivity index (χ4v) is 2.71. The van der Waals surface area contributed by atoms with Crippen molar-refractivity contribution in [2.75, 3.05) is 19.6 Å². The van der Waals surface area contributed by atoms with Crippen LogP contribution < -0.4 is 10.6 Å². The lowest BCUT2D eigenvalue weighted by atomic mass is 9.92. The lowest BCUT2D eigenvalue weighted by Gasteiger charge is -2.38. The lowest BCUT2D eigenvalue weighted by Crippen LogP contribution is -2.54. The second kappa shape index (κ2) is 5.71. The standard InChI is InChI=1S/C13H25N3O/c1-3-14-12-7-8-16(9-10(12)2)13(17)15-11-5-4-6-11/h10-12,14H,3-9H2,1-2H3,(H,15,17). The highest BCUT2D eigenvalue weighted by atomic mass is 16.2. The number of likely N-dealkylation sites (tertiary alicyclic amines) is 1. The molecule has 0 spiro atoms. The maximum absolute atomic E-state index is 12.0. The van der Waals surface area contributed by atoms with Crippen molar-refractivity contribution in [1.29, 1.82) is 0 Å². The Morgan fingerprint density at radius 1 is 1.35 bits per heavy atom. The zero-order chi connectivity index (χ0) is 12.3. The molecule has 4 heteroatoms. The van der Waals surface area contributed by atoms with Gasteiger partial charge in [-0.1, -0.05) is 13.8 Å². The van der Waals surface area contributed by atoms with E-state index in [0.717, 1.165) is 38.9 Å². The van der Waals surface area contributed by atoms with E-state index in [-0.39, 0.29) is 6.03 Å². The number of carbonyl (C=O) groups is 1. The summed E-state index contributed by atoms with van der Waals surface area (Å²) in [5.41, 5.74) is 0. The highest BCUT2D eigenvalue weighted by Crippen LogP contribution is 2.20. The van der Waals surface area contributed by atoms with Gasteiger partial charge >= 0.3 is 6.03 Å². The van der Waals surface area contributed by atoms with Gasteiger partial charge in [0.15, 0.2) is 0 Å². The SMILES string of the molecule is CCNC1CCN(C(=O)NC2CCC2)CC1C. The average Bonchev–Trinajstić information content (AvgIpc) is 2.26. The Morgan fingerprint density at radius 3 is 2.65 bits per heavy atom. The van der Waals surface area contributed by atoms with Gasteiger partial charge in [0.25, 0.3) is 0 Å². The molecule has 4 nitrogen and oxygen atoms in total. The van der Waals surface area contributed by atoms with E-state index < -0.39 is 0 Å². The average molecular weight is 239 g/mol. The first-order valence-corrected chi connectivity index (χ1v) is 6.99. The molecule has 2 unspecified atom stereocenters. The van der Waals surface area contributed by atoms with Gasteiger partial charge in [-0.3, -0.25) is 0 Å². The molecular formula is C13H25N3O. The van der Waals surface area contributed by atoms with E-state index in [0.29, 0.717) is 18.0 Å². The number of nitrogens with one attached hydrogen (secondary N) is 2. The molecule has 1 saturated carbocycles. The topological polar surface area (TPSA) is 44.4 Å². The van der Waals surface area contributed by atoms with Crippen molar-refractivity contribution in [2.45, 2.75) is 51.6 Å². The van der Waals surface area contributed by atoms with Gasteiger partial charge in [-0.2, -0.15) is 0 Å². The van der Waals surface area contributed by atoms with E-state index in [1.54, 1.807) is 0 Å². The molecule has 98 valence electrons. The Hall–Kier alpha value is -0.770. The number of rotatable bonds is 3. The molecule has 1 aliphatic heterocycles. The molecule has 1 heterocycles. The first-order valence-electron chi connectivity index (χ1n) is 6.99. The van der Waals surface area contributed by atoms with Crippen LogP contribution in [0.15, 0.2) is 0 Å². The van der Waals surface area contributed by atoms with Crippen LogP contribution in [0.3, 0.4) is 0 Å². The van der Waals surface area contributed by atoms with Crippen LogP contribution in [-0.2, 0) is 0 Å². The summed E-state index contributed by atoms with van der Waals surface area (Å²) in [5.74, 6) is 0.552. The number of amides is 2. The Kier molecular flexibility index (Phi) is 4.26. The molecule has 2 aliphatic rings. The molecule has 2 amide bonds. The van der Waals surface area contributed by atoms with Crippen LogP contribution in [0.25, 0.3) is 0 Å². The van der Waals surface area contributed by atoms with Crippen LogP contribution >= 0.6 is 0 Å². The smallest absolute Gasteiger partial charge is 0.317 e. The molecular weight excluding hydrogens is 214 g/mol. The molecule has 1 aliphatic carbocycles. The van der Waals surface area contributed by atoms with E-state index in [9.17, 15) is 4.79 Å². The molecule has 0 radical (unpaired) electrons. The highest BCUT2D eigenvalue weighted by molar-refractivity contribution is 5.74. The molecule has 2 atom stereocenters. The second-order valence-electron chi connectivity index (χ2n) is 5.45. The van der Waals surface area contributed by atoms with Crippen molar-refractivity contribution < 1.29 is 4.79 Å². The summed E-state index contributed by atoms with van der Waals surface area (Å²) in [6, 6.07) is 1.17. The van der Waals surface area contributed by atoms with Crippen molar-refractivity contribution in [2.24, 2.45) is 5.92 Å². The van der Waals surface area contributed by atoms with Crippen molar-refractivity contribution in [3.05, 3.63) is 0 Å². The summed E-state index contributed by atoms with van der Waals surface area (Å²) >= 11 is 0. The summed E-state index contributed by atoms with van der Waals surface area (Å²) in [7, 11) is 0. The van der Waals surface area contributed by atoms with Gasteiger partial charge in [0, 0.05) is 25.2 Å². The zero-order valence-corrected chi connectivity index (χ0v) is 11.0. The third-order valence-electron chi connectivity index (χ3n) is 4.09. The van der Waals surface area contributed by atoms with Crippen LogP contribution in [0.2, 0.25) is 0 Å². The molecule has 0 aromatic rings. The quantitative estimate of drug-likeness (QED) is 0.785. The van der Waals surface area contributed by atoms with Gasteiger partial charge in [0.05, 0.1) is 0 Å². The summed E-state index contributed by atoms with van der Waals surface area (Å²) in [4.78, 5) is 14.0. The van der Waals surface area contributed by atoms with Gasteiger partial charge in [-0.25, -0.2) is 4.79 Å². The van der Waals surface area contributed by atoms with Gasteiger partial charge in [-0.05, 0) is 38.1 Å². The minimum absolute atomic E-state index is 0.150. The summed E-state index contributed by atoms with van der Waals surface area (Å²) < 4.78 is 0. The number of piperidine rings is 1. The predicted octanol–water partition coefficient (Wildman–Crippen LogP) is 1.57. The van der Waals surface area contributed by atoms with E-state index in [2.05, 4.69) is 24.5 Å². The minimum Gasteiger partial charge on any atom is -0.335 e. The normalized spacial score (nSPS) is 29.9. The van der Waals surface area contributed by atoms with Crippen LogP contribution in [0, 0.1) is 5.92 Å². The van der Waals surface area contributed by atoms with E-state index in [1.165, 1.54) is 6.42 Å².